The molecule has 43 heavy (non-hydrogen) atoms. The van der Waals surface area contributed by atoms with Crippen LogP contribution in [-0.2, 0) is 14.3 Å². The van der Waals surface area contributed by atoms with E-state index in [2.05, 4.69) is 96.8 Å². The Kier molecular flexibility index (Phi) is 14.8. The van der Waals surface area contributed by atoms with Crippen LogP contribution in [0.4, 0.5) is 0 Å². The van der Waals surface area contributed by atoms with Gasteiger partial charge in [-0.2, -0.15) is 0 Å². The number of benzene rings is 4. The average Bonchev–Trinajstić information content (AvgIpc) is 3.09. The second kappa shape index (κ2) is 18.8. The fourth-order valence-corrected chi connectivity index (χ4v) is 8.33. The van der Waals surface area contributed by atoms with Crippen molar-refractivity contribution < 1.29 is 23.7 Å². The van der Waals surface area contributed by atoms with Crippen LogP contribution < -0.4 is 25.4 Å². The third kappa shape index (κ3) is 10.5. The van der Waals surface area contributed by atoms with Crippen LogP contribution in [0.15, 0.2) is 115 Å². The Morgan fingerprint density at radius 2 is 1.16 bits per heavy atom. The number of carbonyl (C=O) groups excluding carboxylic acids is 1. The zero-order chi connectivity index (χ0) is 30.8. The number of methoxy groups -OCH3 is 2. The van der Waals surface area contributed by atoms with Crippen molar-refractivity contribution >= 4 is 34.4 Å². The monoisotopic (exact) mass is 600 g/mol. The summed E-state index contributed by atoms with van der Waals surface area (Å²) >= 11 is 0. The molecule has 1 atom stereocenters. The van der Waals surface area contributed by atoms with E-state index >= 15 is 0 Å². The van der Waals surface area contributed by atoms with Gasteiger partial charge in [-0.15, -0.1) is 0 Å². The first-order valence-corrected chi connectivity index (χ1v) is 16.7. The molecule has 5 rings (SSSR count). The quantitative estimate of drug-likeness (QED) is 0.194. The third-order valence-corrected chi connectivity index (χ3v) is 11.1. The van der Waals surface area contributed by atoms with Gasteiger partial charge in [-0.1, -0.05) is 97.9 Å². The molecule has 228 valence electrons. The fourth-order valence-electron chi connectivity index (χ4n) is 4.57. The van der Waals surface area contributed by atoms with E-state index in [-0.39, 0.29) is 12.1 Å². The molecule has 0 bridgehead atoms. The molecule has 1 unspecified atom stereocenters. The highest BCUT2D eigenvalue weighted by molar-refractivity contribution is 7.94. The van der Waals surface area contributed by atoms with Crippen molar-refractivity contribution in [3.63, 3.8) is 0 Å². The molecule has 1 aliphatic heterocycles. The molecule has 1 aliphatic rings. The maximum absolute atomic E-state index is 9.81. The van der Waals surface area contributed by atoms with Crippen LogP contribution in [0.2, 0.25) is 0 Å². The molecule has 1 saturated heterocycles. The first-order valence-electron chi connectivity index (χ1n) is 14.8. The number of carbonyl (C=O) groups is 1. The van der Waals surface area contributed by atoms with Crippen molar-refractivity contribution in [2.45, 2.75) is 45.8 Å². The zero-order valence-electron chi connectivity index (χ0n) is 25.9. The molecule has 1 heterocycles. The largest absolute Gasteiger partial charge is 0.497 e. The van der Waals surface area contributed by atoms with E-state index in [0.717, 1.165) is 30.9 Å². The molecule has 0 amide bonds. The molecule has 4 aromatic carbocycles. The molecule has 0 spiro atoms. The van der Waals surface area contributed by atoms with Gasteiger partial charge in [-0.3, -0.25) is 0 Å². The Balaban J connectivity index is 0.000000278. The predicted molar refractivity (Wildman–Crippen MR) is 181 cm³/mol. The van der Waals surface area contributed by atoms with E-state index in [1.165, 1.54) is 22.3 Å². The number of rotatable bonds is 9. The standard InChI is InChI=1S/C25H27O2P.C8H10O2.C4H8O/c1-4-12-22(13-5-1)28(23-14-6-2-7-15-23,24-16-8-3-9-17-24)21-20-27-25-18-10-11-19-26-25;1-9-7-3-5-8(10-2)6-4-7;1-3-4(2)5/h1-9,12-17,21,25H,10-11,18-20H2;3-6H,1-2H3;3H2,1-2H3. The minimum absolute atomic E-state index is 0.0748. The lowest BCUT2D eigenvalue weighted by molar-refractivity contribution is -0.152. The van der Waals surface area contributed by atoms with Crippen LogP contribution in [-0.4, -0.2) is 45.3 Å². The van der Waals surface area contributed by atoms with Crippen LogP contribution in [0, 0.1) is 0 Å². The molecular weight excluding hydrogens is 555 g/mol. The van der Waals surface area contributed by atoms with Crippen molar-refractivity contribution in [3.8, 4) is 11.5 Å². The Hall–Kier alpha value is -3.63. The van der Waals surface area contributed by atoms with Gasteiger partial charge in [-0.05, 0) is 79.0 Å². The van der Waals surface area contributed by atoms with E-state index < -0.39 is 6.89 Å². The minimum Gasteiger partial charge on any atom is -0.497 e. The van der Waals surface area contributed by atoms with E-state index in [4.69, 9.17) is 18.9 Å². The van der Waals surface area contributed by atoms with E-state index in [0.29, 0.717) is 13.0 Å². The maximum atomic E-state index is 9.81. The SMILES string of the molecule is C(COC1CCCCO1)=P(c1ccccc1)(c1ccccc1)c1ccccc1.CCC(C)=O.COc1ccc(OC)cc1. The Bertz CT molecular complexity index is 1240. The number of hydrogen-bond donors (Lipinski definition) is 0. The highest BCUT2D eigenvalue weighted by atomic mass is 31.2. The molecule has 0 saturated carbocycles. The first-order chi connectivity index (χ1) is 21.0. The van der Waals surface area contributed by atoms with Crippen molar-refractivity contribution in [1.29, 1.82) is 0 Å². The summed E-state index contributed by atoms with van der Waals surface area (Å²) in [6.45, 7) is 2.89. The van der Waals surface area contributed by atoms with Gasteiger partial charge in [0.2, 0.25) is 0 Å². The molecule has 4 aromatic rings. The summed E-state index contributed by atoms with van der Waals surface area (Å²) in [5, 5.41) is 4.04. The summed E-state index contributed by atoms with van der Waals surface area (Å²) in [5.74, 6) is 4.36. The Labute approximate surface area is 257 Å². The highest BCUT2D eigenvalue weighted by Gasteiger charge is 2.25. The molecular formula is C37H45O5P. The maximum Gasteiger partial charge on any atom is 0.158 e. The normalized spacial score (nSPS) is 14.2. The average molecular weight is 601 g/mol. The van der Waals surface area contributed by atoms with Gasteiger partial charge in [0.1, 0.15) is 17.3 Å². The number of hydrogen-bond acceptors (Lipinski definition) is 5. The van der Waals surface area contributed by atoms with Gasteiger partial charge >= 0.3 is 0 Å². The van der Waals surface area contributed by atoms with Gasteiger partial charge in [-0.25, -0.2) is 0 Å². The van der Waals surface area contributed by atoms with Crippen LogP contribution in [0.3, 0.4) is 0 Å². The van der Waals surface area contributed by atoms with Crippen molar-refractivity contribution in [1.82, 2.24) is 0 Å². The smallest absolute Gasteiger partial charge is 0.158 e. The third-order valence-electron chi connectivity index (χ3n) is 7.05. The van der Waals surface area contributed by atoms with Gasteiger partial charge in [0.05, 0.1) is 20.8 Å². The predicted octanol–water partition coefficient (Wildman–Crippen LogP) is 7.02. The second-order valence-electron chi connectivity index (χ2n) is 9.98. The van der Waals surface area contributed by atoms with Crippen molar-refractivity contribution in [2.24, 2.45) is 0 Å². The summed E-state index contributed by atoms with van der Waals surface area (Å²) in [7, 11) is 3.28. The topological polar surface area (TPSA) is 54.0 Å². The van der Waals surface area contributed by atoms with E-state index in [1.807, 2.05) is 31.2 Å². The lowest BCUT2D eigenvalue weighted by Gasteiger charge is -2.29. The Morgan fingerprint density at radius 3 is 1.49 bits per heavy atom. The minimum atomic E-state index is -1.93. The summed E-state index contributed by atoms with van der Waals surface area (Å²) in [4.78, 5) is 9.81. The van der Waals surface area contributed by atoms with Crippen LogP contribution in [0.25, 0.3) is 0 Å². The van der Waals surface area contributed by atoms with Crippen molar-refractivity contribution in [3.05, 3.63) is 115 Å². The number of ketones is 1. The molecule has 0 N–H and O–H groups in total. The summed E-state index contributed by atoms with van der Waals surface area (Å²) in [5.41, 5.74) is 0. The van der Waals surface area contributed by atoms with Crippen molar-refractivity contribution in [2.75, 3.05) is 27.4 Å². The van der Waals surface area contributed by atoms with E-state index in [1.54, 1.807) is 21.1 Å². The van der Waals surface area contributed by atoms with Gasteiger partial charge in [0.25, 0.3) is 0 Å². The highest BCUT2D eigenvalue weighted by Crippen LogP contribution is 2.43. The van der Waals surface area contributed by atoms with Crippen LogP contribution in [0.5, 0.6) is 11.5 Å². The lowest BCUT2D eigenvalue weighted by Crippen LogP contribution is -2.29. The number of ether oxygens (including phenoxy) is 4. The summed E-state index contributed by atoms with van der Waals surface area (Å²) < 4.78 is 21.8. The lowest BCUT2D eigenvalue weighted by atomic mass is 10.2. The van der Waals surface area contributed by atoms with E-state index in [9.17, 15) is 4.79 Å². The molecule has 5 nitrogen and oxygen atoms in total. The molecule has 6 heteroatoms. The fraction of sp³-hybridized carbons (Fsp3) is 0.297. The molecule has 0 aliphatic carbocycles. The van der Waals surface area contributed by atoms with Gasteiger partial charge in [0, 0.05) is 13.0 Å². The Morgan fingerprint density at radius 1 is 0.744 bits per heavy atom. The zero-order valence-corrected chi connectivity index (χ0v) is 26.7. The summed E-state index contributed by atoms with van der Waals surface area (Å²) in [6, 6.07) is 40.0. The van der Waals surface area contributed by atoms with Crippen LogP contribution >= 0.6 is 6.89 Å². The van der Waals surface area contributed by atoms with Crippen LogP contribution in [0.1, 0.15) is 39.5 Å². The first kappa shape index (κ1) is 33.9. The molecule has 0 radical (unpaired) electrons. The second-order valence-corrected chi connectivity index (χ2v) is 13.3. The van der Waals surface area contributed by atoms with Gasteiger partial charge in [0.15, 0.2) is 6.29 Å². The number of Topliss-reactive ketones (excluding diaryl/α,β-unsaturated/α-hetero) is 1. The summed E-state index contributed by atoms with van der Waals surface area (Å²) in [6.07, 6.45) is 3.90. The molecule has 0 aromatic heterocycles. The molecule has 1 fully saturated rings. The van der Waals surface area contributed by atoms with Gasteiger partial charge < -0.3 is 23.7 Å².